The summed E-state index contributed by atoms with van der Waals surface area (Å²) in [6.07, 6.45) is 12.5. The zero-order valence-electron chi connectivity index (χ0n) is 24.9. The number of fused-ring (bicyclic) bond motifs is 2. The molecule has 0 unspecified atom stereocenters. The highest BCUT2D eigenvalue weighted by Gasteiger charge is 2.24. The van der Waals surface area contributed by atoms with Crippen LogP contribution in [0.15, 0.2) is 45.6 Å². The van der Waals surface area contributed by atoms with Crippen molar-refractivity contribution in [3.63, 3.8) is 0 Å². The molecule has 2 aliphatic rings. The van der Waals surface area contributed by atoms with Crippen molar-refractivity contribution in [2.45, 2.75) is 76.0 Å². The Morgan fingerprint density at radius 2 is 1.20 bits per heavy atom. The zero-order valence-corrected chi connectivity index (χ0v) is 28.9. The first-order valence-electron chi connectivity index (χ1n) is 15.1. The summed E-state index contributed by atoms with van der Waals surface area (Å²) >= 11 is 7.22. The lowest BCUT2D eigenvalue weighted by molar-refractivity contribution is 0.0696. The van der Waals surface area contributed by atoms with Crippen molar-refractivity contribution in [3.05, 3.63) is 67.9 Å². The van der Waals surface area contributed by atoms with Gasteiger partial charge in [-0.2, -0.15) is 12.7 Å². The van der Waals surface area contributed by atoms with E-state index >= 15 is 0 Å². The molecular weight excluding hydrogens is 712 g/mol. The molecule has 6 rings (SSSR count). The fourth-order valence-corrected chi connectivity index (χ4v) is 8.53. The minimum atomic E-state index is -3.80. The molecule has 2 fully saturated rings. The molecule has 2 aliphatic carbocycles. The van der Waals surface area contributed by atoms with E-state index in [0.29, 0.717) is 23.0 Å². The van der Waals surface area contributed by atoms with Gasteiger partial charge in [0.2, 0.25) is 0 Å². The zero-order chi connectivity index (χ0) is 31.6. The summed E-state index contributed by atoms with van der Waals surface area (Å²) in [6, 6.07) is 10.6. The van der Waals surface area contributed by atoms with Crippen molar-refractivity contribution < 1.29 is 23.1 Å². The summed E-state index contributed by atoms with van der Waals surface area (Å²) in [7, 11) is -1.06. The van der Waals surface area contributed by atoms with Crippen LogP contribution in [-0.2, 0) is 10.2 Å². The summed E-state index contributed by atoms with van der Waals surface area (Å²) in [5, 5.41) is 11.3. The Bertz CT molecular complexity index is 1790. The number of rotatable bonds is 6. The van der Waals surface area contributed by atoms with Gasteiger partial charge in [0.1, 0.15) is 0 Å². The summed E-state index contributed by atoms with van der Waals surface area (Å²) in [5.74, 6) is -0.411. The third-order valence-corrected chi connectivity index (χ3v) is 11.5. The molecule has 44 heavy (non-hydrogen) atoms. The number of nitrogens with zero attached hydrogens (tertiary/aromatic N) is 1. The van der Waals surface area contributed by atoms with Gasteiger partial charge in [0.25, 0.3) is 5.91 Å². The molecule has 0 bridgehead atoms. The molecule has 0 aliphatic heterocycles. The van der Waals surface area contributed by atoms with Gasteiger partial charge in [-0.25, -0.2) is 9.52 Å². The fraction of sp³-hybridized carbons (Fsp3) is 0.438. The summed E-state index contributed by atoms with van der Waals surface area (Å²) in [5.41, 5.74) is 4.97. The quantitative estimate of drug-likeness (QED) is 0.158. The number of benzene rings is 2. The maximum atomic E-state index is 12.3. The van der Waals surface area contributed by atoms with E-state index in [4.69, 9.17) is 5.11 Å². The molecule has 0 radical (unpaired) electrons. The third-order valence-electron chi connectivity index (χ3n) is 8.82. The Morgan fingerprint density at radius 1 is 0.773 bits per heavy atom. The Morgan fingerprint density at radius 3 is 1.64 bits per heavy atom. The van der Waals surface area contributed by atoms with Gasteiger partial charge in [-0.1, -0.05) is 50.7 Å². The number of aromatic carboxylic acids is 1. The maximum absolute atomic E-state index is 12.3. The van der Waals surface area contributed by atoms with E-state index in [1.54, 1.807) is 24.3 Å². The van der Waals surface area contributed by atoms with Crippen LogP contribution in [0.25, 0.3) is 21.8 Å². The molecule has 0 spiro atoms. The Kier molecular flexibility index (Phi) is 10.2. The molecule has 2 aromatic heterocycles. The first-order valence-corrected chi connectivity index (χ1v) is 18.1. The number of aromatic nitrogens is 2. The van der Waals surface area contributed by atoms with E-state index in [2.05, 4.69) is 46.5 Å². The minimum Gasteiger partial charge on any atom is -0.478 e. The van der Waals surface area contributed by atoms with Crippen molar-refractivity contribution in [2.75, 3.05) is 14.1 Å². The molecule has 0 saturated heterocycles. The van der Waals surface area contributed by atoms with Crippen molar-refractivity contribution in [1.29, 1.82) is 0 Å². The largest absolute Gasteiger partial charge is 0.478 e. The number of carbonyl (C=O) groups is 2. The van der Waals surface area contributed by atoms with Gasteiger partial charge < -0.3 is 15.1 Å². The second-order valence-corrected chi connectivity index (χ2v) is 15.4. The Labute approximate surface area is 274 Å². The topological polar surface area (TPSA) is 135 Å². The van der Waals surface area contributed by atoms with Crippen LogP contribution in [0, 0.1) is 0 Å². The first kappa shape index (κ1) is 32.7. The number of nitrogens with one attached hydrogen (secondary N) is 3. The van der Waals surface area contributed by atoms with Gasteiger partial charge in [-0.15, -0.1) is 0 Å². The fourth-order valence-electron chi connectivity index (χ4n) is 6.50. The molecule has 236 valence electrons. The number of halogens is 2. The van der Waals surface area contributed by atoms with Crippen LogP contribution in [0.5, 0.6) is 0 Å². The van der Waals surface area contributed by atoms with Crippen molar-refractivity contribution in [1.82, 2.24) is 19.0 Å². The number of amides is 1. The van der Waals surface area contributed by atoms with Crippen LogP contribution in [0.3, 0.4) is 0 Å². The second kappa shape index (κ2) is 13.8. The molecule has 9 nitrogen and oxygen atoms in total. The average molecular weight is 751 g/mol. The number of carboxylic acid groups (broad SMARTS) is 1. The SMILES string of the molecule is CN(C)S(=O)(=O)NC(=O)c1ccc2c(C3CCCCC3)c(Br)[nH]c2c1.O=C(O)c1ccc2c(C3CCCCC3)c(Br)[nH]c2c1. The van der Waals surface area contributed by atoms with E-state index in [1.807, 2.05) is 12.1 Å². The highest BCUT2D eigenvalue weighted by Crippen LogP contribution is 2.42. The van der Waals surface area contributed by atoms with Gasteiger partial charge in [0.05, 0.1) is 14.8 Å². The van der Waals surface area contributed by atoms with Crippen LogP contribution < -0.4 is 4.72 Å². The molecule has 0 atom stereocenters. The summed E-state index contributed by atoms with van der Waals surface area (Å²) in [4.78, 5) is 29.8. The smallest absolute Gasteiger partial charge is 0.335 e. The predicted molar refractivity (Wildman–Crippen MR) is 181 cm³/mol. The Balaban J connectivity index is 0.000000181. The highest BCUT2D eigenvalue weighted by atomic mass is 79.9. The summed E-state index contributed by atoms with van der Waals surface area (Å²) < 4.78 is 28.6. The van der Waals surface area contributed by atoms with E-state index in [9.17, 15) is 18.0 Å². The molecule has 2 heterocycles. The van der Waals surface area contributed by atoms with Crippen LogP contribution in [0.1, 0.15) is 108 Å². The first-order chi connectivity index (χ1) is 21.0. The second-order valence-electron chi connectivity index (χ2n) is 11.9. The molecule has 4 aromatic rings. The van der Waals surface area contributed by atoms with Gasteiger partial charge in [0, 0.05) is 41.5 Å². The van der Waals surface area contributed by atoms with E-state index < -0.39 is 22.1 Å². The van der Waals surface area contributed by atoms with E-state index in [0.717, 1.165) is 35.3 Å². The molecule has 2 saturated carbocycles. The van der Waals surface area contributed by atoms with Crippen LogP contribution in [0.2, 0.25) is 0 Å². The molecule has 1 amide bonds. The third kappa shape index (κ3) is 7.08. The van der Waals surface area contributed by atoms with Crippen molar-refractivity contribution in [2.24, 2.45) is 0 Å². The standard InChI is InChI=1S/C17H22BrN3O3S.C15H16BrNO2/c1-21(2)25(23,24)20-17(22)12-8-9-13-14(10-12)19-16(18)15(13)11-6-4-3-5-7-11;16-14-13(9-4-2-1-3-5-9)11-7-6-10(15(18)19)8-12(11)17-14/h8-11,19H,3-7H2,1-2H3,(H,20,22);6-9,17H,1-5H2,(H,18,19). The lowest BCUT2D eigenvalue weighted by Gasteiger charge is -2.21. The van der Waals surface area contributed by atoms with E-state index in [1.165, 1.54) is 89.4 Å². The number of hydrogen-bond acceptors (Lipinski definition) is 4. The lowest BCUT2D eigenvalue weighted by Crippen LogP contribution is -2.39. The van der Waals surface area contributed by atoms with Gasteiger partial charge in [-0.3, -0.25) is 4.79 Å². The van der Waals surface area contributed by atoms with Crippen LogP contribution in [0.4, 0.5) is 0 Å². The average Bonchev–Trinajstić information content (AvgIpc) is 3.51. The molecule has 12 heteroatoms. The number of carbonyl (C=O) groups excluding carboxylic acids is 1. The van der Waals surface area contributed by atoms with E-state index in [-0.39, 0.29) is 0 Å². The summed E-state index contributed by atoms with van der Waals surface area (Å²) in [6.45, 7) is 0. The van der Waals surface area contributed by atoms with Crippen LogP contribution in [-0.4, -0.2) is 53.8 Å². The van der Waals surface area contributed by atoms with Crippen molar-refractivity contribution in [3.8, 4) is 0 Å². The molecule has 4 N–H and O–H groups in total. The molecule has 2 aromatic carbocycles. The number of hydrogen-bond donors (Lipinski definition) is 4. The van der Waals surface area contributed by atoms with Gasteiger partial charge in [-0.05, 0) is 105 Å². The lowest BCUT2D eigenvalue weighted by atomic mass is 9.84. The Hall–Kier alpha value is -2.67. The highest BCUT2D eigenvalue weighted by molar-refractivity contribution is 9.10. The number of aromatic amines is 2. The monoisotopic (exact) mass is 748 g/mol. The number of H-pyrrole nitrogens is 2. The predicted octanol–water partition coefficient (Wildman–Crippen LogP) is 8.19. The van der Waals surface area contributed by atoms with Gasteiger partial charge in [0.15, 0.2) is 0 Å². The van der Waals surface area contributed by atoms with Crippen molar-refractivity contribution >= 4 is 75.8 Å². The van der Waals surface area contributed by atoms with Gasteiger partial charge >= 0.3 is 16.2 Å². The molecular formula is C32H38Br2N4O5S. The normalized spacial score (nSPS) is 16.7. The number of carboxylic acids is 1. The maximum Gasteiger partial charge on any atom is 0.335 e. The van der Waals surface area contributed by atoms with Crippen LogP contribution >= 0.6 is 31.9 Å². The minimum absolute atomic E-state index is 0.307.